The molecule has 0 aliphatic rings. The first-order chi connectivity index (χ1) is 11.3. The number of rotatable bonds is 7. The molecule has 2 aromatic heterocycles. The molecule has 0 bridgehead atoms. The molecule has 0 saturated carbocycles. The van der Waals surface area contributed by atoms with Crippen LogP contribution in [0.5, 0.6) is 0 Å². The van der Waals surface area contributed by atoms with Crippen LogP contribution in [0.1, 0.15) is 6.42 Å². The summed E-state index contributed by atoms with van der Waals surface area (Å²) in [4.78, 5) is 4.67. The lowest BCUT2D eigenvalue weighted by molar-refractivity contribution is 0.211. The molecule has 3 aromatic rings. The Balaban J connectivity index is 1.92. The molecule has 0 spiro atoms. The van der Waals surface area contributed by atoms with Gasteiger partial charge in [-0.05, 0) is 6.07 Å². The number of nitrogens with one attached hydrogen (secondary N) is 1. The van der Waals surface area contributed by atoms with Crippen molar-refractivity contribution in [3.8, 4) is 17.3 Å². The highest BCUT2D eigenvalue weighted by atomic mass is 32.1. The number of hydrogen-bond donors (Lipinski definition) is 1. The van der Waals surface area contributed by atoms with Gasteiger partial charge in [-0.2, -0.15) is 5.26 Å². The second-order valence-corrected chi connectivity index (χ2v) is 5.98. The van der Waals surface area contributed by atoms with Crippen LogP contribution in [0.25, 0.3) is 22.2 Å². The topological polar surface area (TPSA) is 62.9 Å². The number of nitriles is 1. The number of aromatic nitrogens is 2. The van der Waals surface area contributed by atoms with E-state index in [9.17, 15) is 0 Å². The lowest BCUT2D eigenvalue weighted by Crippen LogP contribution is -2.06. The van der Waals surface area contributed by atoms with Gasteiger partial charge in [0.15, 0.2) is 5.13 Å². The van der Waals surface area contributed by atoms with Crippen LogP contribution in [0, 0.1) is 11.3 Å². The van der Waals surface area contributed by atoms with E-state index in [-0.39, 0.29) is 0 Å². The molecule has 5 nitrogen and oxygen atoms in total. The zero-order chi connectivity index (χ0) is 16.1. The first-order valence-corrected chi connectivity index (χ1v) is 8.35. The lowest BCUT2D eigenvalue weighted by Gasteiger charge is -2.00. The lowest BCUT2D eigenvalue weighted by atomic mass is 10.1. The third kappa shape index (κ3) is 3.36. The molecule has 0 radical (unpaired) electrons. The van der Waals surface area contributed by atoms with E-state index in [0.29, 0.717) is 19.6 Å². The van der Waals surface area contributed by atoms with Gasteiger partial charge in [-0.25, -0.2) is 4.98 Å². The van der Waals surface area contributed by atoms with E-state index in [2.05, 4.69) is 44.6 Å². The van der Waals surface area contributed by atoms with E-state index in [1.54, 1.807) is 18.4 Å². The van der Waals surface area contributed by atoms with Gasteiger partial charge in [-0.3, -0.25) is 0 Å². The Morgan fingerprint density at radius 2 is 2.26 bits per heavy atom. The smallest absolute Gasteiger partial charge is 0.183 e. The maximum absolute atomic E-state index is 8.84. The molecule has 0 aliphatic heterocycles. The standard InChI is InChI=1S/C17H18N4OS/c1-22-10-8-19-17-20-15(12-23-17)14-11-21(9-4-7-18)16-6-3-2-5-13(14)16/h2-3,5-6,11-12H,4,8-10H2,1H3,(H,19,20). The Bertz CT molecular complexity index is 831. The van der Waals surface area contributed by atoms with Gasteiger partial charge in [0.2, 0.25) is 0 Å². The summed E-state index contributed by atoms with van der Waals surface area (Å²) in [7, 11) is 1.69. The zero-order valence-corrected chi connectivity index (χ0v) is 13.8. The number of anilines is 1. The van der Waals surface area contributed by atoms with E-state index < -0.39 is 0 Å². The van der Waals surface area contributed by atoms with Crippen molar-refractivity contribution in [3.05, 3.63) is 35.8 Å². The number of methoxy groups -OCH3 is 1. The SMILES string of the molecule is COCCNc1nc(-c2cn(CCC#N)c3ccccc23)cs1. The summed E-state index contributed by atoms with van der Waals surface area (Å²) >= 11 is 1.59. The van der Waals surface area contributed by atoms with E-state index in [0.717, 1.165) is 28.5 Å². The number of hydrogen-bond acceptors (Lipinski definition) is 5. The van der Waals surface area contributed by atoms with Crippen molar-refractivity contribution in [1.29, 1.82) is 5.26 Å². The highest BCUT2D eigenvalue weighted by Gasteiger charge is 2.12. The van der Waals surface area contributed by atoms with Crippen molar-refractivity contribution in [3.63, 3.8) is 0 Å². The molecule has 0 saturated heterocycles. The first-order valence-electron chi connectivity index (χ1n) is 7.47. The van der Waals surface area contributed by atoms with Crippen LogP contribution in [-0.4, -0.2) is 29.8 Å². The monoisotopic (exact) mass is 326 g/mol. The fourth-order valence-corrected chi connectivity index (χ4v) is 3.28. The maximum Gasteiger partial charge on any atom is 0.183 e. The molecule has 0 unspecified atom stereocenters. The fourth-order valence-electron chi connectivity index (χ4n) is 2.55. The molecular weight excluding hydrogens is 308 g/mol. The molecule has 0 aliphatic carbocycles. The van der Waals surface area contributed by atoms with Gasteiger partial charge in [0.25, 0.3) is 0 Å². The van der Waals surface area contributed by atoms with Crippen molar-refractivity contribution in [2.75, 3.05) is 25.6 Å². The fraction of sp³-hybridized carbons (Fsp3) is 0.294. The molecule has 3 rings (SSSR count). The third-order valence-electron chi connectivity index (χ3n) is 3.62. The molecule has 0 amide bonds. The van der Waals surface area contributed by atoms with Crippen molar-refractivity contribution < 1.29 is 4.74 Å². The maximum atomic E-state index is 8.84. The Morgan fingerprint density at radius 3 is 3.09 bits per heavy atom. The number of fused-ring (bicyclic) bond motifs is 1. The van der Waals surface area contributed by atoms with Crippen LogP contribution in [0.3, 0.4) is 0 Å². The highest BCUT2D eigenvalue weighted by Crippen LogP contribution is 2.32. The van der Waals surface area contributed by atoms with Gasteiger partial charge in [0, 0.05) is 48.2 Å². The predicted molar refractivity (Wildman–Crippen MR) is 93.6 cm³/mol. The number of benzene rings is 1. The quantitative estimate of drug-likeness (QED) is 0.672. The molecule has 0 fully saturated rings. The van der Waals surface area contributed by atoms with E-state index in [1.165, 1.54) is 5.39 Å². The highest BCUT2D eigenvalue weighted by molar-refractivity contribution is 7.14. The average Bonchev–Trinajstić information content (AvgIpc) is 3.18. The number of thiazole rings is 1. The number of nitrogens with zero attached hydrogens (tertiary/aromatic N) is 3. The van der Waals surface area contributed by atoms with Gasteiger partial charge >= 0.3 is 0 Å². The molecule has 1 aromatic carbocycles. The van der Waals surface area contributed by atoms with Crippen LogP contribution in [0.15, 0.2) is 35.8 Å². The summed E-state index contributed by atoms with van der Waals surface area (Å²) < 4.78 is 7.17. The molecule has 1 N–H and O–H groups in total. The van der Waals surface area contributed by atoms with E-state index >= 15 is 0 Å². The Morgan fingerprint density at radius 1 is 1.39 bits per heavy atom. The van der Waals surface area contributed by atoms with Gasteiger partial charge < -0.3 is 14.6 Å². The van der Waals surface area contributed by atoms with Gasteiger partial charge in [0.05, 0.1) is 24.8 Å². The molecule has 2 heterocycles. The van der Waals surface area contributed by atoms with Gasteiger partial charge in [-0.15, -0.1) is 11.3 Å². The molecular formula is C17H18N4OS. The summed E-state index contributed by atoms with van der Waals surface area (Å²) in [6, 6.07) is 10.4. The van der Waals surface area contributed by atoms with Crippen molar-refractivity contribution >= 4 is 27.4 Å². The van der Waals surface area contributed by atoms with Crippen LogP contribution in [-0.2, 0) is 11.3 Å². The molecule has 118 valence electrons. The first kappa shape index (κ1) is 15.5. The molecule has 23 heavy (non-hydrogen) atoms. The van der Waals surface area contributed by atoms with Crippen LogP contribution < -0.4 is 5.32 Å². The van der Waals surface area contributed by atoms with Crippen molar-refractivity contribution in [1.82, 2.24) is 9.55 Å². The molecule has 6 heteroatoms. The summed E-state index contributed by atoms with van der Waals surface area (Å²) in [5.74, 6) is 0. The Labute approximate surface area is 139 Å². The number of aryl methyl sites for hydroxylation is 1. The van der Waals surface area contributed by atoms with E-state index in [4.69, 9.17) is 10.00 Å². The summed E-state index contributed by atoms with van der Waals surface area (Å²) in [6.07, 6.45) is 2.59. The summed E-state index contributed by atoms with van der Waals surface area (Å²) in [5.41, 5.74) is 3.20. The Hall–Kier alpha value is -2.36. The minimum absolute atomic E-state index is 0.499. The second-order valence-electron chi connectivity index (χ2n) is 5.12. The number of para-hydroxylation sites is 1. The van der Waals surface area contributed by atoms with Crippen LogP contribution in [0.2, 0.25) is 0 Å². The minimum Gasteiger partial charge on any atom is -0.383 e. The second kappa shape index (κ2) is 7.27. The van der Waals surface area contributed by atoms with E-state index in [1.807, 2.05) is 12.1 Å². The predicted octanol–water partition coefficient (Wildman–Crippen LogP) is 3.74. The van der Waals surface area contributed by atoms with Crippen molar-refractivity contribution in [2.45, 2.75) is 13.0 Å². The van der Waals surface area contributed by atoms with Gasteiger partial charge in [0.1, 0.15) is 0 Å². The largest absolute Gasteiger partial charge is 0.383 e. The van der Waals surface area contributed by atoms with Crippen molar-refractivity contribution in [2.24, 2.45) is 0 Å². The van der Waals surface area contributed by atoms with Gasteiger partial charge in [-0.1, -0.05) is 18.2 Å². The normalized spacial score (nSPS) is 10.8. The summed E-state index contributed by atoms with van der Waals surface area (Å²) in [5, 5.41) is 16.2. The molecule has 0 atom stereocenters. The zero-order valence-electron chi connectivity index (χ0n) is 13.0. The third-order valence-corrected chi connectivity index (χ3v) is 4.42. The minimum atomic E-state index is 0.499. The average molecular weight is 326 g/mol. The summed E-state index contributed by atoms with van der Waals surface area (Å²) in [6.45, 7) is 2.09. The Kier molecular flexibility index (Phi) is 4.91. The van der Waals surface area contributed by atoms with Crippen LogP contribution >= 0.6 is 11.3 Å². The van der Waals surface area contributed by atoms with Crippen LogP contribution in [0.4, 0.5) is 5.13 Å². The number of ether oxygens (including phenoxy) is 1.